The molecule has 0 saturated heterocycles. The van der Waals surface area contributed by atoms with Gasteiger partial charge in [-0.15, -0.1) is 0 Å². The molecule has 0 aliphatic carbocycles. The molecule has 0 bridgehead atoms. The van der Waals surface area contributed by atoms with E-state index in [0.717, 1.165) is 12.1 Å². The van der Waals surface area contributed by atoms with Crippen LogP contribution in [0.15, 0.2) is 23.1 Å². The molecule has 6 nitrogen and oxygen atoms in total. The lowest BCUT2D eigenvalue weighted by molar-refractivity contribution is -0.140. The Kier molecular flexibility index (Phi) is 5.18. The fourth-order valence-corrected chi connectivity index (χ4v) is 2.32. The molecule has 0 fully saturated rings. The van der Waals surface area contributed by atoms with Gasteiger partial charge in [-0.05, 0) is 24.6 Å². The second kappa shape index (κ2) is 6.31. The third-order valence-electron chi connectivity index (χ3n) is 2.49. The third kappa shape index (κ3) is 5.23. The number of hydrogen-bond donors (Lipinski definition) is 3. The van der Waals surface area contributed by atoms with Crippen LogP contribution in [-0.4, -0.2) is 26.0 Å². The second-order valence-electron chi connectivity index (χ2n) is 4.18. The lowest BCUT2D eigenvalue weighted by atomic mass is 10.2. The van der Waals surface area contributed by atoms with Crippen molar-refractivity contribution in [1.29, 1.82) is 0 Å². The van der Waals surface area contributed by atoms with Crippen LogP contribution in [0, 0.1) is 0 Å². The Hall–Kier alpha value is -1.81. The molecule has 1 aromatic carbocycles. The highest BCUT2D eigenvalue weighted by atomic mass is 32.2. The smallest absolute Gasteiger partial charge is 0.417 e. The van der Waals surface area contributed by atoms with Gasteiger partial charge in [-0.2, -0.15) is 13.2 Å². The highest BCUT2D eigenvalue weighted by Crippen LogP contribution is 2.35. The molecule has 10 heteroatoms. The molecule has 0 aliphatic rings. The van der Waals surface area contributed by atoms with E-state index in [0.29, 0.717) is 6.07 Å². The minimum atomic E-state index is -4.87. The number of primary sulfonamides is 1. The third-order valence-corrected chi connectivity index (χ3v) is 3.46. The van der Waals surface area contributed by atoms with Crippen LogP contribution < -0.4 is 10.5 Å². The van der Waals surface area contributed by atoms with Gasteiger partial charge in [-0.3, -0.25) is 4.79 Å². The lowest BCUT2D eigenvalue weighted by Crippen LogP contribution is -2.19. The molecule has 21 heavy (non-hydrogen) atoms. The molecule has 1 aromatic rings. The molecule has 0 unspecified atom stereocenters. The standard InChI is InChI=1S/C11H13F3N2O4S/c12-11(13,14)8-6-7(16-5-1-2-10(17)18)3-4-9(8)21(15,19)20/h3-4,6,16H,1-2,5H2,(H,17,18)(H2,15,19,20). The van der Waals surface area contributed by atoms with Crippen LogP contribution >= 0.6 is 0 Å². The molecule has 0 aliphatic heterocycles. The van der Waals surface area contributed by atoms with Crippen LogP contribution in [0.2, 0.25) is 0 Å². The van der Waals surface area contributed by atoms with Crippen molar-refractivity contribution in [3.05, 3.63) is 23.8 Å². The fourth-order valence-electron chi connectivity index (χ4n) is 1.58. The van der Waals surface area contributed by atoms with Gasteiger partial charge in [0.25, 0.3) is 0 Å². The fraction of sp³-hybridized carbons (Fsp3) is 0.364. The Morgan fingerprint density at radius 1 is 1.33 bits per heavy atom. The van der Waals surface area contributed by atoms with E-state index in [1.54, 1.807) is 0 Å². The van der Waals surface area contributed by atoms with Gasteiger partial charge in [0.05, 0.1) is 10.5 Å². The monoisotopic (exact) mass is 326 g/mol. The number of nitrogens with one attached hydrogen (secondary N) is 1. The summed E-state index contributed by atoms with van der Waals surface area (Å²) in [6.07, 6.45) is -4.79. The zero-order chi connectivity index (χ0) is 16.3. The van der Waals surface area contributed by atoms with Crippen molar-refractivity contribution < 1.29 is 31.5 Å². The van der Waals surface area contributed by atoms with Crippen molar-refractivity contribution in [1.82, 2.24) is 0 Å². The first-order valence-corrected chi connectivity index (χ1v) is 7.26. The van der Waals surface area contributed by atoms with Crippen LogP contribution in [-0.2, 0) is 21.0 Å². The molecule has 1 rings (SSSR count). The van der Waals surface area contributed by atoms with Gasteiger partial charge in [-0.25, -0.2) is 13.6 Å². The summed E-state index contributed by atoms with van der Waals surface area (Å²) in [4.78, 5) is 9.29. The molecule has 0 radical (unpaired) electrons. The summed E-state index contributed by atoms with van der Waals surface area (Å²) in [7, 11) is -4.50. The molecule has 4 N–H and O–H groups in total. The highest BCUT2D eigenvalue weighted by molar-refractivity contribution is 7.89. The summed E-state index contributed by atoms with van der Waals surface area (Å²) in [6, 6.07) is 2.52. The van der Waals surface area contributed by atoms with Crippen molar-refractivity contribution in [3.8, 4) is 0 Å². The minimum Gasteiger partial charge on any atom is -0.481 e. The van der Waals surface area contributed by atoms with Gasteiger partial charge in [0.15, 0.2) is 0 Å². The molecule has 0 saturated carbocycles. The molecular weight excluding hydrogens is 313 g/mol. The number of sulfonamides is 1. The van der Waals surface area contributed by atoms with Gasteiger partial charge < -0.3 is 10.4 Å². The second-order valence-corrected chi connectivity index (χ2v) is 5.71. The van der Waals surface area contributed by atoms with E-state index in [2.05, 4.69) is 5.32 Å². The summed E-state index contributed by atoms with van der Waals surface area (Å²) in [5, 5.41) is 15.8. The summed E-state index contributed by atoms with van der Waals surface area (Å²) in [6.45, 7) is 0.137. The number of carboxylic acids is 1. The molecule has 0 amide bonds. The van der Waals surface area contributed by atoms with E-state index < -0.39 is 32.6 Å². The number of halogens is 3. The van der Waals surface area contributed by atoms with Crippen LogP contribution in [0.1, 0.15) is 18.4 Å². The Balaban J connectivity index is 2.98. The maximum Gasteiger partial charge on any atom is 0.417 e. The van der Waals surface area contributed by atoms with E-state index in [1.165, 1.54) is 0 Å². The number of rotatable bonds is 6. The van der Waals surface area contributed by atoms with Crippen molar-refractivity contribution in [3.63, 3.8) is 0 Å². The molecule has 0 heterocycles. The Morgan fingerprint density at radius 3 is 2.43 bits per heavy atom. The van der Waals surface area contributed by atoms with Crippen LogP contribution in [0.5, 0.6) is 0 Å². The zero-order valence-corrected chi connectivity index (χ0v) is 11.5. The maximum atomic E-state index is 12.8. The Bertz CT molecular complexity index is 629. The number of carboxylic acid groups (broad SMARTS) is 1. The van der Waals surface area contributed by atoms with Crippen molar-refractivity contribution in [2.24, 2.45) is 5.14 Å². The van der Waals surface area contributed by atoms with Crippen LogP contribution in [0.3, 0.4) is 0 Å². The summed E-state index contributed by atoms with van der Waals surface area (Å²) >= 11 is 0. The van der Waals surface area contributed by atoms with E-state index >= 15 is 0 Å². The summed E-state index contributed by atoms with van der Waals surface area (Å²) in [5.74, 6) is -1.02. The summed E-state index contributed by atoms with van der Waals surface area (Å²) < 4.78 is 60.8. The minimum absolute atomic E-state index is 0.0279. The van der Waals surface area contributed by atoms with Crippen LogP contribution in [0.4, 0.5) is 18.9 Å². The van der Waals surface area contributed by atoms with Gasteiger partial charge in [0, 0.05) is 18.7 Å². The van der Waals surface area contributed by atoms with Crippen molar-refractivity contribution >= 4 is 21.7 Å². The van der Waals surface area contributed by atoms with E-state index in [-0.39, 0.29) is 25.1 Å². The molecule has 0 aromatic heterocycles. The van der Waals surface area contributed by atoms with Crippen molar-refractivity contribution in [2.45, 2.75) is 23.9 Å². The van der Waals surface area contributed by atoms with Gasteiger partial charge in [-0.1, -0.05) is 0 Å². The normalized spacial score (nSPS) is 12.2. The lowest BCUT2D eigenvalue weighted by Gasteiger charge is -2.14. The largest absolute Gasteiger partial charge is 0.481 e. The number of alkyl halides is 3. The quantitative estimate of drug-likeness (QED) is 0.688. The number of aliphatic carboxylic acids is 1. The molecule has 118 valence electrons. The average molecular weight is 326 g/mol. The van der Waals surface area contributed by atoms with E-state index in [9.17, 15) is 26.4 Å². The van der Waals surface area contributed by atoms with Crippen molar-refractivity contribution in [2.75, 3.05) is 11.9 Å². The number of benzene rings is 1. The Morgan fingerprint density at radius 2 is 1.95 bits per heavy atom. The molecule has 0 atom stereocenters. The molecule has 0 spiro atoms. The number of carbonyl (C=O) groups is 1. The number of hydrogen-bond acceptors (Lipinski definition) is 4. The van der Waals surface area contributed by atoms with E-state index in [4.69, 9.17) is 10.2 Å². The number of anilines is 1. The SMILES string of the molecule is NS(=O)(=O)c1ccc(NCCCC(=O)O)cc1C(F)(F)F. The summed E-state index contributed by atoms with van der Waals surface area (Å²) in [5.41, 5.74) is -1.34. The first-order valence-electron chi connectivity index (χ1n) is 5.71. The average Bonchev–Trinajstić information content (AvgIpc) is 2.32. The van der Waals surface area contributed by atoms with E-state index in [1.807, 2.05) is 0 Å². The molecular formula is C11H13F3N2O4S. The topological polar surface area (TPSA) is 109 Å². The maximum absolute atomic E-state index is 12.8. The Labute approximate surface area is 118 Å². The predicted octanol–water partition coefficient (Wildman–Crippen LogP) is 1.63. The van der Waals surface area contributed by atoms with Gasteiger partial charge >= 0.3 is 12.1 Å². The highest BCUT2D eigenvalue weighted by Gasteiger charge is 2.36. The zero-order valence-electron chi connectivity index (χ0n) is 10.6. The van der Waals surface area contributed by atoms with Gasteiger partial charge in [0.2, 0.25) is 10.0 Å². The van der Waals surface area contributed by atoms with Gasteiger partial charge in [0.1, 0.15) is 0 Å². The van der Waals surface area contributed by atoms with Crippen LogP contribution in [0.25, 0.3) is 0 Å². The first-order chi connectivity index (χ1) is 9.51. The first kappa shape index (κ1) is 17.2. The predicted molar refractivity (Wildman–Crippen MR) is 68.2 cm³/mol. The number of nitrogens with two attached hydrogens (primary N) is 1.